The Morgan fingerprint density at radius 1 is 1.00 bits per heavy atom. The number of aryl methyl sites for hydroxylation is 2. The van der Waals surface area contributed by atoms with Gasteiger partial charge in [0, 0.05) is 18.0 Å². The highest BCUT2D eigenvalue weighted by Gasteiger charge is 2.18. The van der Waals surface area contributed by atoms with E-state index >= 15 is 0 Å². The molecule has 118 valence electrons. The summed E-state index contributed by atoms with van der Waals surface area (Å²) in [5, 5.41) is 5.03. The molecule has 0 saturated heterocycles. The number of fused-ring (bicyclic) bond motifs is 1. The van der Waals surface area contributed by atoms with E-state index < -0.39 is 0 Å². The number of nitrogens with zero attached hydrogens (tertiary/aromatic N) is 4. The van der Waals surface area contributed by atoms with E-state index in [9.17, 15) is 0 Å². The van der Waals surface area contributed by atoms with Crippen LogP contribution in [0.15, 0.2) is 54.9 Å². The van der Waals surface area contributed by atoms with E-state index in [2.05, 4.69) is 54.1 Å². The molecule has 3 aromatic heterocycles. The van der Waals surface area contributed by atoms with Gasteiger partial charge in [-0.15, -0.1) is 0 Å². The lowest BCUT2D eigenvalue weighted by Crippen LogP contribution is -1.89. The maximum atomic E-state index is 6.01. The first-order chi connectivity index (χ1) is 11.6. The highest BCUT2D eigenvalue weighted by atomic mass is 35.5. The monoisotopic (exact) mass is 334 g/mol. The van der Waals surface area contributed by atoms with E-state index in [1.807, 2.05) is 22.8 Å². The van der Waals surface area contributed by atoms with Crippen molar-refractivity contribution >= 4 is 17.1 Å². The molecule has 0 atom stereocenters. The quantitative estimate of drug-likeness (QED) is 0.498. The Morgan fingerprint density at radius 3 is 2.67 bits per heavy atom. The van der Waals surface area contributed by atoms with Crippen LogP contribution in [0.1, 0.15) is 11.1 Å². The lowest BCUT2D eigenvalue weighted by Gasteiger charge is -2.04. The zero-order valence-electron chi connectivity index (χ0n) is 13.4. The molecular weight excluding hydrogens is 320 g/mol. The van der Waals surface area contributed by atoms with Crippen LogP contribution in [0.2, 0.25) is 5.28 Å². The fraction of sp³-hybridized carbons (Fsp3) is 0.105. The van der Waals surface area contributed by atoms with Crippen LogP contribution >= 0.6 is 11.6 Å². The van der Waals surface area contributed by atoms with Gasteiger partial charge in [0.1, 0.15) is 5.69 Å². The highest BCUT2D eigenvalue weighted by molar-refractivity contribution is 6.28. The summed E-state index contributed by atoms with van der Waals surface area (Å²) in [5.41, 5.74) is 7.00. The normalized spacial score (nSPS) is 11.1. The van der Waals surface area contributed by atoms with Gasteiger partial charge in [-0.3, -0.25) is 0 Å². The summed E-state index contributed by atoms with van der Waals surface area (Å²) < 4.78 is 1.90. The smallest absolute Gasteiger partial charge is 0.222 e. The van der Waals surface area contributed by atoms with Gasteiger partial charge < -0.3 is 0 Å². The fourth-order valence-corrected chi connectivity index (χ4v) is 3.02. The summed E-state index contributed by atoms with van der Waals surface area (Å²) in [6.07, 6.45) is 3.68. The molecule has 0 spiro atoms. The topological polar surface area (TPSA) is 43.1 Å². The summed E-state index contributed by atoms with van der Waals surface area (Å²) >= 11 is 6.01. The number of hydrogen-bond acceptors (Lipinski definition) is 3. The Balaban J connectivity index is 2.07. The van der Waals surface area contributed by atoms with E-state index in [1.165, 1.54) is 5.56 Å². The summed E-state index contributed by atoms with van der Waals surface area (Å²) in [6, 6.07) is 14.3. The Morgan fingerprint density at radius 2 is 1.88 bits per heavy atom. The van der Waals surface area contributed by atoms with Gasteiger partial charge in [-0.25, -0.2) is 14.5 Å². The Hall–Kier alpha value is -2.72. The lowest BCUT2D eigenvalue weighted by molar-refractivity contribution is 0.956. The van der Waals surface area contributed by atoms with Crippen molar-refractivity contribution in [2.45, 2.75) is 13.8 Å². The molecule has 0 aliphatic carbocycles. The summed E-state index contributed by atoms with van der Waals surface area (Å²) in [5.74, 6) is 0. The molecule has 3 heterocycles. The van der Waals surface area contributed by atoms with Crippen molar-refractivity contribution in [3.63, 3.8) is 0 Å². The number of halogens is 1. The molecule has 0 N–H and O–H groups in total. The van der Waals surface area contributed by atoms with Gasteiger partial charge in [0.25, 0.3) is 0 Å². The van der Waals surface area contributed by atoms with Crippen molar-refractivity contribution in [3.05, 3.63) is 71.3 Å². The van der Waals surface area contributed by atoms with Crippen LogP contribution in [-0.4, -0.2) is 19.6 Å². The predicted octanol–water partition coefficient (Wildman–Crippen LogP) is 4.73. The number of pyridine rings is 1. The van der Waals surface area contributed by atoms with Gasteiger partial charge in [0.15, 0.2) is 0 Å². The molecule has 0 bridgehead atoms. The van der Waals surface area contributed by atoms with Gasteiger partial charge in [-0.2, -0.15) is 5.10 Å². The van der Waals surface area contributed by atoms with Crippen LogP contribution in [0.5, 0.6) is 0 Å². The standard InChI is InChI=1S/C19H15ClN4/c1-12-4-3-5-14(10-12)18-17(15-8-9-21-19(20)22-15)16-7-6-13(2)11-24(16)23-18/h3-11H,1-2H3. The molecule has 0 aliphatic heterocycles. The van der Waals surface area contributed by atoms with Gasteiger partial charge in [-0.1, -0.05) is 29.8 Å². The molecular formula is C19H15ClN4. The number of rotatable bonds is 2. The average Bonchev–Trinajstić information content (AvgIpc) is 2.93. The SMILES string of the molecule is Cc1cccc(-c2nn3cc(C)ccc3c2-c2ccnc(Cl)n2)c1. The number of hydrogen-bond donors (Lipinski definition) is 0. The van der Waals surface area contributed by atoms with Gasteiger partial charge in [-0.05, 0) is 49.2 Å². The molecule has 4 nitrogen and oxygen atoms in total. The second-order valence-electron chi connectivity index (χ2n) is 5.84. The minimum Gasteiger partial charge on any atom is -0.239 e. The van der Waals surface area contributed by atoms with E-state index in [0.29, 0.717) is 0 Å². The molecule has 5 heteroatoms. The number of benzene rings is 1. The van der Waals surface area contributed by atoms with E-state index in [1.54, 1.807) is 6.20 Å². The molecule has 0 unspecified atom stereocenters. The Labute approximate surface area is 144 Å². The average molecular weight is 335 g/mol. The van der Waals surface area contributed by atoms with Crippen molar-refractivity contribution in [1.29, 1.82) is 0 Å². The van der Waals surface area contributed by atoms with Crippen LogP contribution < -0.4 is 0 Å². The summed E-state index contributed by atoms with van der Waals surface area (Å²) in [6.45, 7) is 4.12. The summed E-state index contributed by atoms with van der Waals surface area (Å²) in [7, 11) is 0. The molecule has 0 aliphatic rings. The third kappa shape index (κ3) is 2.55. The van der Waals surface area contributed by atoms with Crippen molar-refractivity contribution in [2.75, 3.05) is 0 Å². The van der Waals surface area contributed by atoms with Crippen LogP contribution in [0.4, 0.5) is 0 Å². The first kappa shape index (κ1) is 14.8. The Kier molecular flexibility index (Phi) is 3.54. The molecule has 0 radical (unpaired) electrons. The number of aromatic nitrogens is 4. The van der Waals surface area contributed by atoms with Crippen LogP contribution in [-0.2, 0) is 0 Å². The van der Waals surface area contributed by atoms with Crippen LogP contribution in [0.3, 0.4) is 0 Å². The third-order valence-corrected chi connectivity index (χ3v) is 4.13. The molecule has 1 aromatic carbocycles. The van der Waals surface area contributed by atoms with E-state index in [0.717, 1.165) is 33.6 Å². The van der Waals surface area contributed by atoms with Crippen LogP contribution in [0, 0.1) is 13.8 Å². The van der Waals surface area contributed by atoms with Crippen LogP contribution in [0.25, 0.3) is 28.0 Å². The third-order valence-electron chi connectivity index (χ3n) is 3.95. The van der Waals surface area contributed by atoms with Crippen molar-refractivity contribution in [2.24, 2.45) is 0 Å². The molecule has 0 amide bonds. The second kappa shape index (κ2) is 5.73. The van der Waals surface area contributed by atoms with Crippen molar-refractivity contribution in [3.8, 4) is 22.5 Å². The zero-order valence-corrected chi connectivity index (χ0v) is 14.1. The molecule has 24 heavy (non-hydrogen) atoms. The summed E-state index contributed by atoms with van der Waals surface area (Å²) in [4.78, 5) is 8.39. The van der Waals surface area contributed by atoms with Crippen molar-refractivity contribution < 1.29 is 0 Å². The predicted molar refractivity (Wildman–Crippen MR) is 96.1 cm³/mol. The first-order valence-corrected chi connectivity index (χ1v) is 8.04. The van der Waals surface area contributed by atoms with Gasteiger partial charge in [0.05, 0.1) is 16.8 Å². The Bertz CT molecular complexity index is 1050. The van der Waals surface area contributed by atoms with Gasteiger partial charge >= 0.3 is 0 Å². The van der Waals surface area contributed by atoms with Gasteiger partial charge in [0.2, 0.25) is 5.28 Å². The van der Waals surface area contributed by atoms with E-state index in [-0.39, 0.29) is 5.28 Å². The largest absolute Gasteiger partial charge is 0.239 e. The molecule has 4 rings (SSSR count). The molecule has 0 fully saturated rings. The molecule has 4 aromatic rings. The minimum atomic E-state index is 0.231. The van der Waals surface area contributed by atoms with Crippen molar-refractivity contribution in [1.82, 2.24) is 19.6 Å². The maximum absolute atomic E-state index is 6.01. The lowest BCUT2D eigenvalue weighted by atomic mass is 10.0. The fourth-order valence-electron chi connectivity index (χ4n) is 2.87. The highest BCUT2D eigenvalue weighted by Crippen LogP contribution is 2.34. The maximum Gasteiger partial charge on any atom is 0.222 e. The first-order valence-electron chi connectivity index (χ1n) is 7.67. The van der Waals surface area contributed by atoms with E-state index in [4.69, 9.17) is 16.7 Å². The minimum absolute atomic E-state index is 0.231. The molecule has 0 saturated carbocycles. The second-order valence-corrected chi connectivity index (χ2v) is 6.18. The zero-order chi connectivity index (χ0) is 16.7.